The molecule has 0 bridgehead atoms. The quantitative estimate of drug-likeness (QED) is 0.859. The van der Waals surface area contributed by atoms with Gasteiger partial charge in [0.25, 0.3) is 5.91 Å². The third-order valence-electron chi connectivity index (χ3n) is 4.53. The Morgan fingerprint density at radius 1 is 1.27 bits per heavy atom. The molecule has 6 heteroatoms. The molecule has 4 nitrogen and oxygen atoms in total. The largest absolute Gasteiger partial charge is 0.484 e. The van der Waals surface area contributed by atoms with E-state index in [1.807, 2.05) is 19.1 Å². The van der Waals surface area contributed by atoms with Crippen LogP contribution < -0.4 is 15.0 Å². The standard InChI is InChI=1S/C20H22ClFN2O2/c1-14-11-18(5-6-19(14)21)26-13-20(25)23-16-7-9-24(10-8-16)17-4-2-3-15(22)12-17/h2-6,11-12,16H,7-10,13H2,1H3,(H,23,25). The fraction of sp³-hybridized carbons (Fsp3) is 0.350. The predicted octanol–water partition coefficient (Wildman–Crippen LogP) is 3.95. The van der Waals surface area contributed by atoms with Crippen molar-refractivity contribution in [3.63, 3.8) is 0 Å². The molecule has 1 N–H and O–H groups in total. The number of aryl methyl sites for hydroxylation is 1. The minimum atomic E-state index is -0.229. The summed E-state index contributed by atoms with van der Waals surface area (Å²) in [6.45, 7) is 3.43. The highest BCUT2D eigenvalue weighted by atomic mass is 35.5. The van der Waals surface area contributed by atoms with Gasteiger partial charge in [-0.15, -0.1) is 0 Å². The lowest BCUT2D eigenvalue weighted by Crippen LogP contribution is -2.46. The number of halogens is 2. The van der Waals surface area contributed by atoms with Crippen LogP contribution in [0, 0.1) is 12.7 Å². The summed E-state index contributed by atoms with van der Waals surface area (Å²) >= 11 is 5.98. The second-order valence-electron chi connectivity index (χ2n) is 6.51. The molecule has 0 radical (unpaired) electrons. The third-order valence-corrected chi connectivity index (χ3v) is 4.96. The lowest BCUT2D eigenvalue weighted by atomic mass is 10.0. The SMILES string of the molecule is Cc1cc(OCC(=O)NC2CCN(c3cccc(F)c3)CC2)ccc1Cl. The number of anilines is 1. The van der Waals surface area contributed by atoms with E-state index in [0.29, 0.717) is 10.8 Å². The number of ether oxygens (including phenoxy) is 1. The number of carbonyl (C=O) groups is 1. The van der Waals surface area contributed by atoms with Crippen molar-refractivity contribution in [2.75, 3.05) is 24.6 Å². The first-order valence-electron chi connectivity index (χ1n) is 8.70. The number of nitrogens with one attached hydrogen (secondary N) is 1. The zero-order valence-corrected chi connectivity index (χ0v) is 15.4. The molecule has 1 saturated heterocycles. The van der Waals surface area contributed by atoms with E-state index in [-0.39, 0.29) is 24.4 Å². The Morgan fingerprint density at radius 2 is 2.04 bits per heavy atom. The van der Waals surface area contributed by atoms with Crippen molar-refractivity contribution in [2.45, 2.75) is 25.8 Å². The first kappa shape index (κ1) is 18.5. The van der Waals surface area contributed by atoms with E-state index < -0.39 is 0 Å². The number of nitrogens with zero attached hydrogens (tertiary/aromatic N) is 1. The van der Waals surface area contributed by atoms with Gasteiger partial charge in [0.2, 0.25) is 0 Å². The van der Waals surface area contributed by atoms with Crippen molar-refractivity contribution in [1.29, 1.82) is 0 Å². The van der Waals surface area contributed by atoms with E-state index in [1.165, 1.54) is 6.07 Å². The van der Waals surface area contributed by atoms with E-state index in [1.54, 1.807) is 24.3 Å². The first-order chi connectivity index (χ1) is 12.5. The van der Waals surface area contributed by atoms with Gasteiger partial charge in [-0.25, -0.2) is 4.39 Å². The van der Waals surface area contributed by atoms with Crippen LogP contribution in [0.5, 0.6) is 5.75 Å². The molecule has 0 saturated carbocycles. The average molecular weight is 377 g/mol. The van der Waals surface area contributed by atoms with Gasteiger partial charge in [-0.05, 0) is 61.7 Å². The second kappa shape index (κ2) is 8.41. The molecule has 1 amide bonds. The maximum atomic E-state index is 13.3. The van der Waals surface area contributed by atoms with E-state index in [2.05, 4.69) is 10.2 Å². The molecule has 26 heavy (non-hydrogen) atoms. The van der Waals surface area contributed by atoms with E-state index in [4.69, 9.17) is 16.3 Å². The number of piperidine rings is 1. The Labute approximate surface area is 157 Å². The van der Waals surface area contributed by atoms with Gasteiger partial charge in [-0.3, -0.25) is 4.79 Å². The van der Waals surface area contributed by atoms with Gasteiger partial charge in [0.05, 0.1) is 0 Å². The Kier molecular flexibility index (Phi) is 5.99. The molecule has 2 aromatic rings. The zero-order valence-electron chi connectivity index (χ0n) is 14.7. The summed E-state index contributed by atoms with van der Waals surface area (Å²) in [6, 6.07) is 12.0. The summed E-state index contributed by atoms with van der Waals surface area (Å²) in [7, 11) is 0. The zero-order chi connectivity index (χ0) is 18.5. The summed E-state index contributed by atoms with van der Waals surface area (Å²) in [4.78, 5) is 14.2. The molecule has 1 aliphatic heterocycles. The summed E-state index contributed by atoms with van der Waals surface area (Å²) in [6.07, 6.45) is 1.64. The average Bonchev–Trinajstić information content (AvgIpc) is 2.63. The molecule has 2 aromatic carbocycles. The van der Waals surface area contributed by atoms with Crippen molar-refractivity contribution >= 4 is 23.2 Å². The number of amides is 1. The Bertz CT molecular complexity index is 776. The van der Waals surface area contributed by atoms with E-state index in [9.17, 15) is 9.18 Å². The molecule has 0 spiro atoms. The van der Waals surface area contributed by atoms with E-state index >= 15 is 0 Å². The van der Waals surface area contributed by atoms with Gasteiger partial charge in [0.15, 0.2) is 6.61 Å². The highest BCUT2D eigenvalue weighted by Gasteiger charge is 2.21. The summed E-state index contributed by atoms with van der Waals surface area (Å²) in [5, 5.41) is 3.68. The molecule has 3 rings (SSSR count). The molecular weight excluding hydrogens is 355 g/mol. The van der Waals surface area contributed by atoms with Crippen molar-refractivity contribution < 1.29 is 13.9 Å². The highest BCUT2D eigenvalue weighted by molar-refractivity contribution is 6.31. The van der Waals surface area contributed by atoms with Crippen LogP contribution >= 0.6 is 11.6 Å². The van der Waals surface area contributed by atoms with Crippen LogP contribution in [0.4, 0.5) is 10.1 Å². The fourth-order valence-electron chi connectivity index (χ4n) is 3.08. The number of hydrogen-bond acceptors (Lipinski definition) is 3. The van der Waals surface area contributed by atoms with Crippen molar-refractivity contribution in [3.05, 3.63) is 58.9 Å². The summed E-state index contributed by atoms with van der Waals surface area (Å²) in [5.74, 6) is 0.261. The van der Waals surface area contributed by atoms with Gasteiger partial charge in [-0.1, -0.05) is 17.7 Å². The van der Waals surface area contributed by atoms with Crippen LogP contribution in [-0.4, -0.2) is 31.6 Å². The van der Waals surface area contributed by atoms with Crippen molar-refractivity contribution in [1.82, 2.24) is 5.32 Å². The summed E-state index contributed by atoms with van der Waals surface area (Å²) < 4.78 is 18.9. The first-order valence-corrected chi connectivity index (χ1v) is 9.08. The molecule has 0 unspecified atom stereocenters. The molecule has 1 fully saturated rings. The summed E-state index contributed by atoms with van der Waals surface area (Å²) in [5.41, 5.74) is 1.80. The normalized spacial score (nSPS) is 15.0. The Hall–Kier alpha value is -2.27. The van der Waals surface area contributed by atoms with Gasteiger partial charge in [-0.2, -0.15) is 0 Å². The fourth-order valence-corrected chi connectivity index (χ4v) is 3.20. The number of carbonyl (C=O) groups excluding carboxylic acids is 1. The van der Waals surface area contributed by atoms with Crippen LogP contribution in [0.3, 0.4) is 0 Å². The van der Waals surface area contributed by atoms with Gasteiger partial charge in [0, 0.05) is 29.8 Å². The molecule has 138 valence electrons. The lowest BCUT2D eigenvalue weighted by Gasteiger charge is -2.34. The minimum Gasteiger partial charge on any atom is -0.484 e. The Morgan fingerprint density at radius 3 is 2.73 bits per heavy atom. The van der Waals surface area contributed by atoms with Crippen LogP contribution in [0.15, 0.2) is 42.5 Å². The Balaban J connectivity index is 1.43. The van der Waals surface area contributed by atoms with Crippen molar-refractivity contribution in [2.24, 2.45) is 0 Å². The van der Waals surface area contributed by atoms with Crippen LogP contribution in [0.25, 0.3) is 0 Å². The molecule has 1 aliphatic rings. The monoisotopic (exact) mass is 376 g/mol. The molecule has 0 atom stereocenters. The van der Waals surface area contributed by atoms with Gasteiger partial charge < -0.3 is 15.0 Å². The maximum absolute atomic E-state index is 13.3. The van der Waals surface area contributed by atoms with E-state index in [0.717, 1.165) is 37.2 Å². The molecule has 0 aliphatic carbocycles. The lowest BCUT2D eigenvalue weighted by molar-refractivity contribution is -0.123. The van der Waals surface area contributed by atoms with Gasteiger partial charge >= 0.3 is 0 Å². The van der Waals surface area contributed by atoms with Crippen LogP contribution in [-0.2, 0) is 4.79 Å². The molecule has 0 aromatic heterocycles. The highest BCUT2D eigenvalue weighted by Crippen LogP contribution is 2.22. The maximum Gasteiger partial charge on any atom is 0.258 e. The van der Waals surface area contributed by atoms with Crippen LogP contribution in [0.1, 0.15) is 18.4 Å². The number of hydrogen-bond donors (Lipinski definition) is 1. The number of benzene rings is 2. The van der Waals surface area contributed by atoms with Crippen molar-refractivity contribution in [3.8, 4) is 5.75 Å². The second-order valence-corrected chi connectivity index (χ2v) is 6.92. The smallest absolute Gasteiger partial charge is 0.258 e. The molecular formula is C20H22ClFN2O2. The predicted molar refractivity (Wildman–Crippen MR) is 101 cm³/mol. The number of rotatable bonds is 5. The molecule has 1 heterocycles. The van der Waals surface area contributed by atoms with Gasteiger partial charge in [0.1, 0.15) is 11.6 Å². The third kappa shape index (κ3) is 4.88. The van der Waals surface area contributed by atoms with Crippen LogP contribution in [0.2, 0.25) is 5.02 Å². The topological polar surface area (TPSA) is 41.6 Å². The minimum absolute atomic E-state index is 0.0226.